The molecule has 0 radical (unpaired) electrons. The van der Waals surface area contributed by atoms with Gasteiger partial charge >= 0.3 is 5.97 Å². The Bertz CT molecular complexity index is 369. The zero-order chi connectivity index (χ0) is 11.3. The monoisotopic (exact) mass is 206 g/mol. The van der Waals surface area contributed by atoms with Gasteiger partial charge in [0.1, 0.15) is 0 Å². The van der Waals surface area contributed by atoms with Crippen LogP contribution >= 0.6 is 0 Å². The molecule has 15 heavy (non-hydrogen) atoms. The molecule has 3 heteroatoms. The van der Waals surface area contributed by atoms with E-state index >= 15 is 0 Å². The van der Waals surface area contributed by atoms with E-state index in [0.29, 0.717) is 18.1 Å². The Kier molecular flexibility index (Phi) is 3.92. The van der Waals surface area contributed by atoms with Crippen molar-refractivity contribution in [3.8, 4) is 11.5 Å². The summed E-state index contributed by atoms with van der Waals surface area (Å²) in [4.78, 5) is 10.8. The molecule has 1 aromatic rings. The highest BCUT2D eigenvalue weighted by atomic mass is 16.6. The van der Waals surface area contributed by atoms with E-state index in [4.69, 9.17) is 9.47 Å². The normalized spacial score (nSPS) is 9.47. The van der Waals surface area contributed by atoms with Crippen LogP contribution in [0.1, 0.15) is 19.4 Å². The predicted octanol–water partition coefficient (Wildman–Crippen LogP) is 2.65. The number of carbonyl (C=O) groups is 1. The number of hydrogen-bond acceptors (Lipinski definition) is 3. The summed E-state index contributed by atoms with van der Waals surface area (Å²) in [6.45, 7) is 7.41. The fraction of sp³-hybridized carbons (Fsp3) is 0.250. The summed E-state index contributed by atoms with van der Waals surface area (Å²) < 4.78 is 10.4. The van der Waals surface area contributed by atoms with E-state index in [1.54, 1.807) is 18.2 Å². The van der Waals surface area contributed by atoms with Crippen LogP contribution in [0.4, 0.5) is 0 Å². The highest BCUT2D eigenvalue weighted by Gasteiger charge is 2.07. The number of esters is 1. The molecular weight excluding hydrogens is 192 g/mol. The molecule has 0 aliphatic rings. The smallest absolute Gasteiger partial charge is 0.308 e. The highest BCUT2D eigenvalue weighted by molar-refractivity contribution is 5.71. The van der Waals surface area contributed by atoms with Crippen LogP contribution in [0.15, 0.2) is 24.8 Å². The van der Waals surface area contributed by atoms with Crippen molar-refractivity contribution in [2.24, 2.45) is 0 Å². The fourth-order valence-corrected chi connectivity index (χ4v) is 1.16. The third-order valence-corrected chi connectivity index (χ3v) is 1.76. The Hall–Kier alpha value is -1.77. The number of benzene rings is 1. The van der Waals surface area contributed by atoms with E-state index in [1.807, 2.05) is 13.0 Å². The summed E-state index contributed by atoms with van der Waals surface area (Å²) in [5.41, 5.74) is 0.925. The summed E-state index contributed by atoms with van der Waals surface area (Å²) >= 11 is 0. The molecule has 0 unspecified atom stereocenters. The van der Waals surface area contributed by atoms with Gasteiger partial charge in [0.15, 0.2) is 11.5 Å². The van der Waals surface area contributed by atoms with E-state index in [9.17, 15) is 4.79 Å². The van der Waals surface area contributed by atoms with E-state index in [-0.39, 0.29) is 5.97 Å². The highest BCUT2D eigenvalue weighted by Crippen LogP contribution is 2.28. The zero-order valence-corrected chi connectivity index (χ0v) is 8.95. The number of ether oxygens (including phenoxy) is 2. The molecule has 0 atom stereocenters. The molecule has 0 bridgehead atoms. The quantitative estimate of drug-likeness (QED) is 0.561. The minimum Gasteiger partial charge on any atom is -0.490 e. The number of hydrogen-bond donors (Lipinski definition) is 0. The first-order chi connectivity index (χ1) is 7.17. The standard InChI is InChI=1S/C12H14O3/c1-4-10-6-7-11(15-9(3)13)12(8-10)14-5-2/h4,6-8H,1,5H2,2-3H3. The lowest BCUT2D eigenvalue weighted by Crippen LogP contribution is -2.04. The SMILES string of the molecule is C=Cc1ccc(OC(C)=O)c(OCC)c1. The Morgan fingerprint density at radius 1 is 1.47 bits per heavy atom. The van der Waals surface area contributed by atoms with Gasteiger partial charge in [-0.25, -0.2) is 0 Å². The van der Waals surface area contributed by atoms with Gasteiger partial charge in [0, 0.05) is 6.92 Å². The average molecular weight is 206 g/mol. The van der Waals surface area contributed by atoms with Gasteiger partial charge in [0.2, 0.25) is 0 Å². The Morgan fingerprint density at radius 3 is 2.73 bits per heavy atom. The maximum absolute atomic E-state index is 10.8. The summed E-state index contributed by atoms with van der Waals surface area (Å²) in [6, 6.07) is 5.30. The van der Waals surface area contributed by atoms with Crippen molar-refractivity contribution >= 4 is 12.0 Å². The fourth-order valence-electron chi connectivity index (χ4n) is 1.16. The van der Waals surface area contributed by atoms with Crippen LogP contribution in [0.3, 0.4) is 0 Å². The van der Waals surface area contributed by atoms with Crippen LogP contribution in [-0.4, -0.2) is 12.6 Å². The first-order valence-corrected chi connectivity index (χ1v) is 4.75. The van der Waals surface area contributed by atoms with Crippen molar-refractivity contribution in [2.45, 2.75) is 13.8 Å². The van der Waals surface area contributed by atoms with Crippen LogP contribution in [-0.2, 0) is 4.79 Å². The number of rotatable bonds is 4. The number of carbonyl (C=O) groups excluding carboxylic acids is 1. The van der Waals surface area contributed by atoms with Crippen molar-refractivity contribution in [1.82, 2.24) is 0 Å². The lowest BCUT2D eigenvalue weighted by molar-refractivity contribution is -0.132. The molecule has 0 fully saturated rings. The minimum absolute atomic E-state index is 0.359. The largest absolute Gasteiger partial charge is 0.490 e. The van der Waals surface area contributed by atoms with Crippen LogP contribution in [0.2, 0.25) is 0 Å². The lowest BCUT2D eigenvalue weighted by Gasteiger charge is -2.09. The Balaban J connectivity index is 3.02. The van der Waals surface area contributed by atoms with Gasteiger partial charge in [0.05, 0.1) is 6.61 Å². The van der Waals surface area contributed by atoms with Gasteiger partial charge in [-0.1, -0.05) is 18.7 Å². The maximum Gasteiger partial charge on any atom is 0.308 e. The molecule has 80 valence electrons. The molecule has 0 saturated heterocycles. The molecule has 0 saturated carbocycles. The predicted molar refractivity (Wildman–Crippen MR) is 59.0 cm³/mol. The average Bonchev–Trinajstić information content (AvgIpc) is 2.20. The second-order valence-electron chi connectivity index (χ2n) is 2.94. The minimum atomic E-state index is -0.359. The van der Waals surface area contributed by atoms with Crippen molar-refractivity contribution < 1.29 is 14.3 Å². The maximum atomic E-state index is 10.8. The van der Waals surface area contributed by atoms with Crippen molar-refractivity contribution in [3.63, 3.8) is 0 Å². The van der Waals surface area contributed by atoms with Crippen molar-refractivity contribution in [2.75, 3.05) is 6.61 Å². The van der Waals surface area contributed by atoms with E-state index in [2.05, 4.69) is 6.58 Å². The summed E-state index contributed by atoms with van der Waals surface area (Å²) in [7, 11) is 0. The Morgan fingerprint density at radius 2 is 2.20 bits per heavy atom. The van der Waals surface area contributed by atoms with Gasteiger partial charge in [0.25, 0.3) is 0 Å². The molecular formula is C12H14O3. The van der Waals surface area contributed by atoms with E-state index in [0.717, 1.165) is 5.56 Å². The second-order valence-corrected chi connectivity index (χ2v) is 2.94. The van der Waals surface area contributed by atoms with Crippen LogP contribution < -0.4 is 9.47 Å². The molecule has 0 aliphatic heterocycles. The van der Waals surface area contributed by atoms with E-state index < -0.39 is 0 Å². The third-order valence-electron chi connectivity index (χ3n) is 1.76. The van der Waals surface area contributed by atoms with Gasteiger partial charge in [-0.2, -0.15) is 0 Å². The molecule has 1 aromatic carbocycles. The molecule has 0 aliphatic carbocycles. The topological polar surface area (TPSA) is 35.5 Å². The summed E-state index contributed by atoms with van der Waals surface area (Å²) in [6.07, 6.45) is 1.71. The first-order valence-electron chi connectivity index (χ1n) is 4.75. The molecule has 0 amide bonds. The van der Waals surface area contributed by atoms with Gasteiger partial charge in [-0.05, 0) is 24.6 Å². The molecule has 0 heterocycles. The lowest BCUT2D eigenvalue weighted by atomic mass is 10.2. The molecule has 0 N–H and O–H groups in total. The first kappa shape index (κ1) is 11.3. The zero-order valence-electron chi connectivity index (χ0n) is 8.95. The van der Waals surface area contributed by atoms with Crippen molar-refractivity contribution in [1.29, 1.82) is 0 Å². The van der Waals surface area contributed by atoms with Gasteiger partial charge in [-0.3, -0.25) is 4.79 Å². The third kappa shape index (κ3) is 3.13. The van der Waals surface area contributed by atoms with Gasteiger partial charge < -0.3 is 9.47 Å². The van der Waals surface area contributed by atoms with E-state index in [1.165, 1.54) is 6.92 Å². The van der Waals surface area contributed by atoms with Gasteiger partial charge in [-0.15, -0.1) is 0 Å². The Labute approximate surface area is 89.3 Å². The molecule has 3 nitrogen and oxygen atoms in total. The summed E-state index contributed by atoms with van der Waals surface area (Å²) in [5, 5.41) is 0. The molecule has 1 rings (SSSR count). The van der Waals surface area contributed by atoms with Crippen LogP contribution in [0.25, 0.3) is 6.08 Å². The van der Waals surface area contributed by atoms with Crippen LogP contribution in [0, 0.1) is 0 Å². The summed E-state index contributed by atoms with van der Waals surface area (Å²) in [5.74, 6) is 0.641. The second kappa shape index (κ2) is 5.20. The molecule has 0 aromatic heterocycles. The van der Waals surface area contributed by atoms with Crippen LogP contribution in [0.5, 0.6) is 11.5 Å². The molecule has 0 spiro atoms. The van der Waals surface area contributed by atoms with Crippen molar-refractivity contribution in [3.05, 3.63) is 30.3 Å².